The highest BCUT2D eigenvalue weighted by Crippen LogP contribution is 2.55. The Morgan fingerprint density at radius 1 is 1.02 bits per heavy atom. The van der Waals surface area contributed by atoms with Crippen molar-refractivity contribution < 1.29 is 0 Å². The maximum Gasteiger partial charge on any atom is 0.0855 e. The molecule has 2 heterocycles. The normalized spacial score (nSPS) is 21.1. The minimum Gasteiger partial charge on any atom is -0.367 e. The first-order chi connectivity index (χ1) is 19.1. The van der Waals surface area contributed by atoms with Crippen LogP contribution in [-0.2, 0) is 6.42 Å². The summed E-state index contributed by atoms with van der Waals surface area (Å²) in [6.07, 6.45) is 8.63. The molecule has 0 fully saturated rings. The van der Waals surface area contributed by atoms with Crippen LogP contribution in [0.4, 0.5) is 5.69 Å². The fourth-order valence-corrected chi connectivity index (χ4v) is 7.48. The van der Waals surface area contributed by atoms with Crippen molar-refractivity contribution in [1.82, 2.24) is 4.90 Å². The highest BCUT2D eigenvalue weighted by atomic mass is 35.5. The van der Waals surface area contributed by atoms with Crippen molar-refractivity contribution >= 4 is 40.3 Å². The van der Waals surface area contributed by atoms with Gasteiger partial charge in [-0.3, -0.25) is 4.99 Å². The number of hydrogen-bond donors (Lipinski definition) is 0. The lowest BCUT2D eigenvalue weighted by Crippen LogP contribution is -2.46. The van der Waals surface area contributed by atoms with Gasteiger partial charge in [0.1, 0.15) is 0 Å². The fourth-order valence-electron chi connectivity index (χ4n) is 7.15. The van der Waals surface area contributed by atoms with Crippen LogP contribution in [0.25, 0.3) is 17.3 Å². The van der Waals surface area contributed by atoms with E-state index in [2.05, 4.69) is 113 Å². The molecular weight excluding hydrogens is 508 g/mol. The summed E-state index contributed by atoms with van der Waals surface area (Å²) in [7, 11) is 0. The van der Waals surface area contributed by atoms with Gasteiger partial charge in [-0.2, -0.15) is 0 Å². The lowest BCUT2D eigenvalue weighted by Gasteiger charge is -2.51. The molecule has 0 aromatic heterocycles. The summed E-state index contributed by atoms with van der Waals surface area (Å²) >= 11 is 6.57. The van der Waals surface area contributed by atoms with Gasteiger partial charge in [-0.15, -0.1) is 0 Å². The van der Waals surface area contributed by atoms with E-state index in [1.807, 2.05) is 12.1 Å². The molecule has 3 aromatic carbocycles. The molecule has 40 heavy (non-hydrogen) atoms. The summed E-state index contributed by atoms with van der Waals surface area (Å²) in [5.41, 5.74) is 13.1. The molecule has 0 saturated carbocycles. The van der Waals surface area contributed by atoms with Crippen LogP contribution in [0, 0.1) is 17.8 Å². The van der Waals surface area contributed by atoms with Crippen LogP contribution in [0.2, 0.25) is 5.02 Å². The third kappa shape index (κ3) is 4.39. The van der Waals surface area contributed by atoms with Gasteiger partial charge < -0.3 is 4.90 Å². The zero-order valence-electron chi connectivity index (χ0n) is 24.0. The zero-order valence-corrected chi connectivity index (χ0v) is 24.8. The van der Waals surface area contributed by atoms with Gasteiger partial charge in [-0.05, 0) is 47.2 Å². The first kappa shape index (κ1) is 26.6. The zero-order chi connectivity index (χ0) is 28.2. The van der Waals surface area contributed by atoms with Gasteiger partial charge in [-0.1, -0.05) is 124 Å². The molecule has 0 bridgehead atoms. The smallest absolute Gasteiger partial charge is 0.0855 e. The first-order valence-electron chi connectivity index (χ1n) is 14.2. The van der Waals surface area contributed by atoms with Gasteiger partial charge in [0, 0.05) is 47.2 Å². The molecule has 0 radical (unpaired) electrons. The fraction of sp³-hybridized carbons (Fsp3) is 0.270. The summed E-state index contributed by atoms with van der Waals surface area (Å²) in [4.78, 5) is 7.45. The number of fused-ring (bicyclic) bond motifs is 2. The second-order valence-corrected chi connectivity index (χ2v) is 12.7. The summed E-state index contributed by atoms with van der Waals surface area (Å²) in [5, 5.41) is 0.729. The molecule has 1 aliphatic carbocycles. The van der Waals surface area contributed by atoms with Crippen LogP contribution in [0.1, 0.15) is 60.6 Å². The molecule has 1 unspecified atom stereocenters. The molecule has 202 valence electrons. The first-order valence-corrected chi connectivity index (χ1v) is 14.5. The maximum absolute atomic E-state index is 6.57. The Hall–Kier alpha value is -3.62. The molecule has 2 aliphatic heterocycles. The minimum atomic E-state index is -0.0459. The number of aryl methyl sites for hydroxylation is 1. The van der Waals surface area contributed by atoms with Crippen LogP contribution in [0.5, 0.6) is 0 Å². The van der Waals surface area contributed by atoms with Crippen LogP contribution >= 0.6 is 11.6 Å². The molecule has 6 rings (SSSR count). The van der Waals surface area contributed by atoms with Gasteiger partial charge in [0.15, 0.2) is 0 Å². The lowest BCUT2D eigenvalue weighted by molar-refractivity contribution is 0.219. The average molecular weight is 545 g/mol. The molecule has 0 amide bonds. The highest BCUT2D eigenvalue weighted by molar-refractivity contribution is 6.34. The number of benzene rings is 3. The van der Waals surface area contributed by atoms with E-state index in [-0.39, 0.29) is 10.8 Å². The monoisotopic (exact) mass is 544 g/mol. The largest absolute Gasteiger partial charge is 0.367 e. The van der Waals surface area contributed by atoms with Gasteiger partial charge in [-0.25, -0.2) is 0 Å². The van der Waals surface area contributed by atoms with E-state index < -0.39 is 0 Å². The third-order valence-corrected chi connectivity index (χ3v) is 9.38. The lowest BCUT2D eigenvalue weighted by atomic mass is 9.58. The number of aliphatic imine (C=N–C) groups is 1. The summed E-state index contributed by atoms with van der Waals surface area (Å²) < 4.78 is 0. The Balaban J connectivity index is 1.28. The topological polar surface area (TPSA) is 15.6 Å². The predicted octanol–water partition coefficient (Wildman–Crippen LogP) is 9.70. The number of allylic oxidation sites excluding steroid dienone is 2. The molecule has 0 saturated heterocycles. The van der Waals surface area contributed by atoms with Crippen molar-refractivity contribution in [3.05, 3.63) is 130 Å². The maximum atomic E-state index is 6.57. The van der Waals surface area contributed by atoms with Crippen molar-refractivity contribution in [3.8, 4) is 0 Å². The van der Waals surface area contributed by atoms with Gasteiger partial charge in [0.25, 0.3) is 0 Å². The second-order valence-electron chi connectivity index (χ2n) is 12.3. The van der Waals surface area contributed by atoms with Crippen molar-refractivity contribution in [1.29, 1.82) is 0 Å². The number of nitrogens with zero attached hydrogens (tertiary/aromatic N) is 2. The van der Waals surface area contributed by atoms with E-state index >= 15 is 0 Å². The van der Waals surface area contributed by atoms with Crippen molar-refractivity contribution in [2.45, 2.75) is 40.5 Å². The summed E-state index contributed by atoms with van der Waals surface area (Å²) in [6.45, 7) is 19.6. The molecule has 3 heteroatoms. The van der Waals surface area contributed by atoms with E-state index in [4.69, 9.17) is 16.6 Å². The molecule has 3 aliphatic rings. The quantitative estimate of drug-likeness (QED) is 0.292. The Labute approximate surface area is 244 Å². The van der Waals surface area contributed by atoms with E-state index in [9.17, 15) is 0 Å². The highest BCUT2D eigenvalue weighted by Gasteiger charge is 2.46. The second kappa shape index (κ2) is 9.78. The summed E-state index contributed by atoms with van der Waals surface area (Å²) in [5.74, 6) is 0. The summed E-state index contributed by atoms with van der Waals surface area (Å²) in [6, 6.07) is 21.6. The Morgan fingerprint density at radius 3 is 2.52 bits per heavy atom. The molecule has 1 atom stereocenters. The molecule has 2 nitrogen and oxygen atoms in total. The Morgan fingerprint density at radius 2 is 1.77 bits per heavy atom. The van der Waals surface area contributed by atoms with Gasteiger partial charge >= 0.3 is 0 Å². The van der Waals surface area contributed by atoms with E-state index in [0.29, 0.717) is 0 Å². The minimum absolute atomic E-state index is 0.0381. The van der Waals surface area contributed by atoms with E-state index in [1.165, 1.54) is 27.8 Å². The van der Waals surface area contributed by atoms with Crippen LogP contribution in [0.15, 0.2) is 96.5 Å². The van der Waals surface area contributed by atoms with Crippen LogP contribution < -0.4 is 0 Å². The molecule has 3 aromatic rings. The molecular formula is C37H37ClN2. The van der Waals surface area contributed by atoms with E-state index in [0.717, 1.165) is 64.7 Å². The number of hydrogen-bond acceptors (Lipinski definition) is 2. The van der Waals surface area contributed by atoms with Crippen molar-refractivity contribution in [2.75, 3.05) is 13.1 Å². The van der Waals surface area contributed by atoms with Crippen molar-refractivity contribution in [2.24, 2.45) is 15.8 Å². The van der Waals surface area contributed by atoms with Crippen LogP contribution in [0.3, 0.4) is 0 Å². The molecule has 0 spiro atoms. The number of rotatable bonds is 5. The number of halogens is 1. The van der Waals surface area contributed by atoms with E-state index in [1.54, 1.807) is 0 Å². The predicted molar refractivity (Wildman–Crippen MR) is 172 cm³/mol. The van der Waals surface area contributed by atoms with Gasteiger partial charge in [0.2, 0.25) is 0 Å². The van der Waals surface area contributed by atoms with Gasteiger partial charge in [0.05, 0.1) is 16.4 Å². The Bertz CT molecular complexity index is 1630. The average Bonchev–Trinajstić information content (AvgIpc) is 3.36. The third-order valence-electron chi connectivity index (χ3n) is 9.09. The molecule has 0 N–H and O–H groups in total. The standard InChI is InChI=1S/C37H37ClN2/c1-7-26-12-14-27(15-13-26)31-16-18-37(6)23-40(19-17-34(37)36(31,4)5)25(3)29-10-8-9-11-30(29)33-22-28-20-24(2)21-32(38)35(28)39-33/h7-17,20-21H,1,3,18-19,22-23H2,2,4-6H3. The Kier molecular flexibility index (Phi) is 6.50. The van der Waals surface area contributed by atoms with Crippen LogP contribution in [-0.4, -0.2) is 23.7 Å². The van der Waals surface area contributed by atoms with Crippen molar-refractivity contribution in [3.63, 3.8) is 0 Å². The SMILES string of the molecule is C=Cc1ccc(C2=CCC3(C)CN(C(=C)c4ccccc4C4=Nc5c(Cl)cc(C)cc5C4)CC=C3C2(C)C)cc1.